The molecule has 0 atom stereocenters. The second-order valence-electron chi connectivity index (χ2n) is 2.57. The molecule has 7 heteroatoms. The zero-order valence-electron chi connectivity index (χ0n) is 7.35. The van der Waals surface area contributed by atoms with Gasteiger partial charge in [0.25, 0.3) is 5.91 Å². The smallest absolute Gasteiger partial charge is 0.279 e. The number of carbonyl (C=O) groups excluding carboxylic acids is 1. The first-order valence-electron chi connectivity index (χ1n) is 3.95. The van der Waals surface area contributed by atoms with Crippen LogP contribution in [0.1, 0.15) is 10.5 Å². The number of amides is 1. The molecule has 0 aliphatic heterocycles. The fourth-order valence-corrected chi connectivity index (χ4v) is 1.06. The highest BCUT2D eigenvalue weighted by Gasteiger charge is 2.09. The van der Waals surface area contributed by atoms with Gasteiger partial charge in [-0.3, -0.25) is 9.78 Å². The third-order valence-electron chi connectivity index (χ3n) is 1.52. The van der Waals surface area contributed by atoms with Gasteiger partial charge in [0.1, 0.15) is 11.4 Å². The molecule has 0 aliphatic rings. The zero-order chi connectivity index (χ0) is 10.7. The highest BCUT2D eigenvalue weighted by atomic mass is 35.5. The van der Waals surface area contributed by atoms with E-state index in [4.69, 9.17) is 11.6 Å². The maximum absolute atomic E-state index is 11.4. The molecule has 0 saturated heterocycles. The average Bonchev–Trinajstić information content (AvgIpc) is 2.70. The van der Waals surface area contributed by atoms with Gasteiger partial charge in [-0.25, -0.2) is 4.98 Å². The van der Waals surface area contributed by atoms with Crippen molar-refractivity contribution in [1.82, 2.24) is 15.1 Å². The lowest BCUT2D eigenvalue weighted by atomic mass is 10.4. The van der Waals surface area contributed by atoms with Gasteiger partial charge in [0.2, 0.25) is 0 Å². The molecule has 76 valence electrons. The molecule has 2 aromatic rings. The molecule has 6 nitrogen and oxygen atoms in total. The van der Waals surface area contributed by atoms with Crippen LogP contribution in [0.5, 0.6) is 0 Å². The highest BCUT2D eigenvalue weighted by Crippen LogP contribution is 2.07. The molecular formula is C8H5ClN4O2. The van der Waals surface area contributed by atoms with Crippen LogP contribution in [-0.4, -0.2) is 21.0 Å². The molecule has 15 heavy (non-hydrogen) atoms. The summed E-state index contributed by atoms with van der Waals surface area (Å²) in [6.07, 6.45) is 4.05. The monoisotopic (exact) mass is 224 g/mol. The van der Waals surface area contributed by atoms with E-state index in [1.165, 1.54) is 24.7 Å². The lowest BCUT2D eigenvalue weighted by Gasteiger charge is -2.00. The second-order valence-corrected chi connectivity index (χ2v) is 2.95. The molecule has 0 unspecified atom stereocenters. The van der Waals surface area contributed by atoms with Crippen LogP contribution >= 0.6 is 11.6 Å². The first-order valence-corrected chi connectivity index (χ1v) is 4.33. The number of carbonyl (C=O) groups is 1. The van der Waals surface area contributed by atoms with Gasteiger partial charge in [0.15, 0.2) is 11.5 Å². The summed E-state index contributed by atoms with van der Waals surface area (Å²) >= 11 is 5.59. The topological polar surface area (TPSA) is 80.9 Å². The normalized spacial score (nSPS) is 9.93. The van der Waals surface area contributed by atoms with Crippen molar-refractivity contribution in [1.29, 1.82) is 0 Å². The quantitative estimate of drug-likeness (QED) is 0.833. The van der Waals surface area contributed by atoms with E-state index in [2.05, 4.69) is 25.0 Å². The van der Waals surface area contributed by atoms with Gasteiger partial charge in [-0.1, -0.05) is 16.8 Å². The minimum Gasteiger partial charge on any atom is -0.364 e. The average molecular weight is 225 g/mol. The summed E-state index contributed by atoms with van der Waals surface area (Å²) in [5.41, 5.74) is 0.164. The van der Waals surface area contributed by atoms with Crippen LogP contribution in [0.25, 0.3) is 0 Å². The van der Waals surface area contributed by atoms with E-state index in [1.54, 1.807) is 0 Å². The van der Waals surface area contributed by atoms with Gasteiger partial charge in [0, 0.05) is 6.07 Å². The van der Waals surface area contributed by atoms with Gasteiger partial charge >= 0.3 is 0 Å². The number of hydrogen-bond acceptors (Lipinski definition) is 5. The predicted molar refractivity (Wildman–Crippen MR) is 51.5 cm³/mol. The summed E-state index contributed by atoms with van der Waals surface area (Å²) in [4.78, 5) is 19.0. The molecule has 0 aromatic carbocycles. The van der Waals surface area contributed by atoms with Gasteiger partial charge in [0.05, 0.1) is 12.4 Å². The summed E-state index contributed by atoms with van der Waals surface area (Å²) in [5.74, 6) is -0.171. The number of halogens is 1. The number of anilines is 1. The van der Waals surface area contributed by atoms with Crippen LogP contribution < -0.4 is 5.32 Å². The van der Waals surface area contributed by atoms with Crippen molar-refractivity contribution in [3.8, 4) is 0 Å². The van der Waals surface area contributed by atoms with Crippen molar-refractivity contribution in [2.75, 3.05) is 5.32 Å². The fourth-order valence-electron chi connectivity index (χ4n) is 0.912. The number of nitrogens with one attached hydrogen (secondary N) is 1. The number of hydrogen-bond donors (Lipinski definition) is 1. The Balaban J connectivity index is 2.13. The summed E-state index contributed by atoms with van der Waals surface area (Å²) in [6, 6.07) is 1.44. The molecule has 1 amide bonds. The first kappa shape index (κ1) is 9.60. The van der Waals surface area contributed by atoms with Crippen molar-refractivity contribution in [2.24, 2.45) is 0 Å². The standard InChI is InChI=1S/C8H5ClN4O2/c9-6-3-10-4-7(11-6)12-8(14)5-1-2-15-13-5/h1-4H,(H,11,12,14). The minimum atomic E-state index is -0.430. The molecular weight excluding hydrogens is 220 g/mol. The van der Waals surface area contributed by atoms with Gasteiger partial charge < -0.3 is 9.84 Å². The van der Waals surface area contributed by atoms with E-state index < -0.39 is 5.91 Å². The van der Waals surface area contributed by atoms with E-state index in [-0.39, 0.29) is 16.7 Å². The molecule has 0 radical (unpaired) electrons. The maximum atomic E-state index is 11.4. The number of nitrogens with zero attached hydrogens (tertiary/aromatic N) is 3. The lowest BCUT2D eigenvalue weighted by molar-refractivity contribution is 0.101. The van der Waals surface area contributed by atoms with E-state index in [0.29, 0.717) is 0 Å². The van der Waals surface area contributed by atoms with Crippen LogP contribution in [0.3, 0.4) is 0 Å². The molecule has 0 aliphatic carbocycles. The SMILES string of the molecule is O=C(Nc1cncc(Cl)n1)c1ccon1. The largest absolute Gasteiger partial charge is 0.364 e. The summed E-state index contributed by atoms with van der Waals surface area (Å²) in [6.45, 7) is 0. The number of rotatable bonds is 2. The second kappa shape index (κ2) is 4.05. The van der Waals surface area contributed by atoms with Crippen LogP contribution in [0.15, 0.2) is 29.2 Å². The Kier molecular flexibility index (Phi) is 2.59. The Labute approximate surface area is 89.3 Å². The van der Waals surface area contributed by atoms with Gasteiger partial charge in [-0.15, -0.1) is 0 Å². The predicted octanol–water partition coefficient (Wildman–Crippen LogP) is 1.37. The Bertz CT molecular complexity index is 471. The molecule has 1 N–H and O–H groups in total. The zero-order valence-corrected chi connectivity index (χ0v) is 8.10. The van der Waals surface area contributed by atoms with Crippen molar-refractivity contribution < 1.29 is 9.32 Å². The Morgan fingerprint density at radius 3 is 3.00 bits per heavy atom. The van der Waals surface area contributed by atoms with E-state index in [1.807, 2.05) is 0 Å². The molecule has 2 aromatic heterocycles. The number of aromatic nitrogens is 3. The van der Waals surface area contributed by atoms with Crippen LogP contribution in [0.4, 0.5) is 5.82 Å². The van der Waals surface area contributed by atoms with Crippen LogP contribution in [-0.2, 0) is 0 Å². The molecule has 0 spiro atoms. The first-order chi connectivity index (χ1) is 7.25. The van der Waals surface area contributed by atoms with E-state index in [9.17, 15) is 4.79 Å². The van der Waals surface area contributed by atoms with Crippen molar-refractivity contribution >= 4 is 23.3 Å². The molecule has 0 fully saturated rings. The van der Waals surface area contributed by atoms with Crippen LogP contribution in [0.2, 0.25) is 5.15 Å². The third kappa shape index (κ3) is 2.29. The van der Waals surface area contributed by atoms with Crippen molar-refractivity contribution in [3.63, 3.8) is 0 Å². The Morgan fingerprint density at radius 1 is 1.47 bits per heavy atom. The fraction of sp³-hybridized carbons (Fsp3) is 0. The highest BCUT2D eigenvalue weighted by molar-refractivity contribution is 6.29. The third-order valence-corrected chi connectivity index (χ3v) is 1.70. The van der Waals surface area contributed by atoms with Gasteiger partial charge in [-0.05, 0) is 0 Å². The maximum Gasteiger partial charge on any atom is 0.279 e. The van der Waals surface area contributed by atoms with E-state index in [0.717, 1.165) is 0 Å². The van der Waals surface area contributed by atoms with Crippen LogP contribution in [0, 0.1) is 0 Å². The summed E-state index contributed by atoms with van der Waals surface area (Å²) < 4.78 is 4.52. The van der Waals surface area contributed by atoms with Crippen molar-refractivity contribution in [2.45, 2.75) is 0 Å². The summed E-state index contributed by atoms with van der Waals surface area (Å²) in [5, 5.41) is 6.13. The van der Waals surface area contributed by atoms with Gasteiger partial charge in [-0.2, -0.15) is 0 Å². The molecule has 0 saturated carbocycles. The molecule has 2 heterocycles. The lowest BCUT2D eigenvalue weighted by Crippen LogP contribution is -2.13. The minimum absolute atomic E-state index is 0.164. The Morgan fingerprint density at radius 2 is 2.33 bits per heavy atom. The molecule has 0 bridgehead atoms. The van der Waals surface area contributed by atoms with E-state index >= 15 is 0 Å². The Hall–Kier alpha value is -1.95. The van der Waals surface area contributed by atoms with Crippen molar-refractivity contribution in [3.05, 3.63) is 35.6 Å². The molecule has 2 rings (SSSR count). The summed E-state index contributed by atoms with van der Waals surface area (Å²) in [7, 11) is 0.